The van der Waals surface area contributed by atoms with E-state index in [1.165, 1.54) is 6.26 Å². The van der Waals surface area contributed by atoms with Gasteiger partial charge in [-0.05, 0) is 37.1 Å². The van der Waals surface area contributed by atoms with E-state index in [-0.39, 0.29) is 29.4 Å². The molecule has 3 aromatic rings. The third kappa shape index (κ3) is 3.77. The van der Waals surface area contributed by atoms with E-state index in [1.807, 2.05) is 18.2 Å². The molecule has 2 aromatic heterocycles. The van der Waals surface area contributed by atoms with Gasteiger partial charge in [0, 0.05) is 37.5 Å². The standard InChI is InChI=1S/C24H25N3O5/c28-22(16-6-1-2-7-16)25-20-17-8-3-4-9-18(17)32-21(20)24(30)27-13-11-26(12-14-27)23(29)19-10-5-15-31-19/h3-5,8-10,15-16H,1-2,6-7,11-14H2,(H,25,28). The molecule has 1 saturated carbocycles. The highest BCUT2D eigenvalue weighted by atomic mass is 16.4. The molecule has 1 aliphatic carbocycles. The Bertz CT molecular complexity index is 1140. The summed E-state index contributed by atoms with van der Waals surface area (Å²) in [4.78, 5) is 42.0. The van der Waals surface area contributed by atoms with Crippen LogP contribution in [0.3, 0.4) is 0 Å². The highest BCUT2D eigenvalue weighted by molar-refractivity contribution is 6.11. The van der Waals surface area contributed by atoms with Crippen molar-refractivity contribution in [3.8, 4) is 0 Å². The molecule has 2 fully saturated rings. The SMILES string of the molecule is O=C(Nc1c(C(=O)N2CCN(C(=O)c3ccco3)CC2)oc2ccccc12)C1CCCC1. The molecule has 1 saturated heterocycles. The van der Waals surface area contributed by atoms with Crippen molar-refractivity contribution in [1.82, 2.24) is 9.80 Å². The van der Waals surface area contributed by atoms with Crippen molar-refractivity contribution >= 4 is 34.4 Å². The van der Waals surface area contributed by atoms with E-state index in [4.69, 9.17) is 8.83 Å². The molecule has 0 bridgehead atoms. The second-order valence-electron chi connectivity index (χ2n) is 8.33. The fraction of sp³-hybridized carbons (Fsp3) is 0.375. The Hall–Kier alpha value is -3.55. The van der Waals surface area contributed by atoms with E-state index in [0.717, 1.165) is 25.7 Å². The minimum Gasteiger partial charge on any atom is -0.459 e. The molecule has 1 aromatic carbocycles. The fourth-order valence-electron chi connectivity index (χ4n) is 4.55. The predicted molar refractivity (Wildman–Crippen MR) is 117 cm³/mol. The van der Waals surface area contributed by atoms with Gasteiger partial charge in [0.25, 0.3) is 11.8 Å². The molecule has 5 rings (SSSR count). The van der Waals surface area contributed by atoms with Crippen LogP contribution in [0.1, 0.15) is 46.8 Å². The van der Waals surface area contributed by atoms with Gasteiger partial charge in [-0.3, -0.25) is 14.4 Å². The lowest BCUT2D eigenvalue weighted by atomic mass is 10.1. The van der Waals surface area contributed by atoms with E-state index in [0.29, 0.717) is 48.6 Å². The van der Waals surface area contributed by atoms with Crippen LogP contribution in [0.5, 0.6) is 0 Å². The number of para-hydroxylation sites is 1. The molecule has 1 aliphatic heterocycles. The molecule has 1 N–H and O–H groups in total. The van der Waals surface area contributed by atoms with E-state index in [9.17, 15) is 14.4 Å². The highest BCUT2D eigenvalue weighted by Crippen LogP contribution is 2.34. The Morgan fingerprint density at radius 2 is 1.56 bits per heavy atom. The zero-order chi connectivity index (χ0) is 22.1. The van der Waals surface area contributed by atoms with Crippen LogP contribution in [-0.4, -0.2) is 53.7 Å². The van der Waals surface area contributed by atoms with Crippen molar-refractivity contribution in [3.63, 3.8) is 0 Å². The number of nitrogens with zero attached hydrogens (tertiary/aromatic N) is 2. The van der Waals surface area contributed by atoms with Crippen LogP contribution in [0, 0.1) is 5.92 Å². The molecule has 32 heavy (non-hydrogen) atoms. The Labute approximate surface area is 185 Å². The summed E-state index contributed by atoms with van der Waals surface area (Å²) >= 11 is 0. The van der Waals surface area contributed by atoms with E-state index >= 15 is 0 Å². The van der Waals surface area contributed by atoms with Crippen molar-refractivity contribution in [2.75, 3.05) is 31.5 Å². The number of furan rings is 2. The quantitative estimate of drug-likeness (QED) is 0.673. The number of hydrogen-bond donors (Lipinski definition) is 1. The first-order valence-electron chi connectivity index (χ1n) is 11.1. The lowest BCUT2D eigenvalue weighted by Gasteiger charge is -2.34. The summed E-state index contributed by atoms with van der Waals surface area (Å²) < 4.78 is 11.1. The van der Waals surface area contributed by atoms with Gasteiger partial charge in [0.2, 0.25) is 11.7 Å². The lowest BCUT2D eigenvalue weighted by Crippen LogP contribution is -2.50. The molecular weight excluding hydrogens is 410 g/mol. The second kappa shape index (κ2) is 8.53. The largest absolute Gasteiger partial charge is 0.459 e. The van der Waals surface area contributed by atoms with Gasteiger partial charge in [-0.15, -0.1) is 0 Å². The lowest BCUT2D eigenvalue weighted by molar-refractivity contribution is -0.119. The third-order valence-corrected chi connectivity index (χ3v) is 6.35. The third-order valence-electron chi connectivity index (χ3n) is 6.35. The first-order chi connectivity index (χ1) is 15.6. The topological polar surface area (TPSA) is 96.0 Å². The minimum absolute atomic E-state index is 0.0252. The van der Waals surface area contributed by atoms with Crippen molar-refractivity contribution < 1.29 is 23.2 Å². The Morgan fingerprint density at radius 1 is 0.875 bits per heavy atom. The summed E-state index contributed by atoms with van der Waals surface area (Å²) in [5.74, 6) is -0.120. The van der Waals surface area contributed by atoms with Crippen molar-refractivity contribution in [1.29, 1.82) is 0 Å². The maximum atomic E-state index is 13.4. The van der Waals surface area contributed by atoms with Crippen LogP contribution in [-0.2, 0) is 4.79 Å². The number of fused-ring (bicyclic) bond motifs is 1. The number of anilines is 1. The first-order valence-corrected chi connectivity index (χ1v) is 11.1. The average Bonchev–Trinajstić information content (AvgIpc) is 3.60. The number of nitrogens with one attached hydrogen (secondary N) is 1. The van der Waals surface area contributed by atoms with Crippen LogP contribution in [0.15, 0.2) is 51.5 Å². The summed E-state index contributed by atoms with van der Waals surface area (Å²) in [5.41, 5.74) is 1.00. The molecule has 0 radical (unpaired) electrons. The number of carbonyl (C=O) groups excluding carboxylic acids is 3. The monoisotopic (exact) mass is 435 g/mol. The second-order valence-corrected chi connectivity index (χ2v) is 8.33. The Balaban J connectivity index is 1.34. The van der Waals surface area contributed by atoms with Gasteiger partial charge < -0.3 is 24.0 Å². The Kier molecular flexibility index (Phi) is 5.43. The molecule has 0 atom stereocenters. The predicted octanol–water partition coefficient (Wildman–Crippen LogP) is 3.75. The van der Waals surface area contributed by atoms with Gasteiger partial charge in [-0.1, -0.05) is 25.0 Å². The van der Waals surface area contributed by atoms with E-state index < -0.39 is 0 Å². The average molecular weight is 435 g/mol. The molecule has 3 amide bonds. The summed E-state index contributed by atoms with van der Waals surface area (Å²) in [5, 5.41) is 3.70. The van der Waals surface area contributed by atoms with Gasteiger partial charge in [0.1, 0.15) is 11.3 Å². The maximum Gasteiger partial charge on any atom is 0.291 e. The van der Waals surface area contributed by atoms with Gasteiger partial charge in [-0.25, -0.2) is 0 Å². The molecule has 166 valence electrons. The molecule has 8 heteroatoms. The van der Waals surface area contributed by atoms with Crippen molar-refractivity contribution in [3.05, 3.63) is 54.2 Å². The molecular formula is C24H25N3O5. The molecule has 8 nitrogen and oxygen atoms in total. The van der Waals surface area contributed by atoms with Crippen LogP contribution < -0.4 is 5.32 Å². The number of hydrogen-bond acceptors (Lipinski definition) is 5. The Morgan fingerprint density at radius 3 is 2.25 bits per heavy atom. The number of rotatable bonds is 4. The summed E-state index contributed by atoms with van der Waals surface area (Å²) in [6.45, 7) is 1.54. The summed E-state index contributed by atoms with van der Waals surface area (Å²) in [7, 11) is 0. The number of benzene rings is 1. The zero-order valence-electron chi connectivity index (χ0n) is 17.7. The van der Waals surface area contributed by atoms with Crippen LogP contribution in [0.4, 0.5) is 5.69 Å². The maximum absolute atomic E-state index is 13.4. The van der Waals surface area contributed by atoms with Crippen LogP contribution >= 0.6 is 0 Å². The van der Waals surface area contributed by atoms with Gasteiger partial charge in [-0.2, -0.15) is 0 Å². The molecule has 3 heterocycles. The molecule has 2 aliphatic rings. The molecule has 0 spiro atoms. The summed E-state index contributed by atoms with van der Waals surface area (Å²) in [6.07, 6.45) is 5.32. The molecule has 0 unspecified atom stereocenters. The first kappa shape index (κ1) is 20.4. The van der Waals surface area contributed by atoms with Crippen LogP contribution in [0.2, 0.25) is 0 Å². The number of piperazine rings is 1. The van der Waals surface area contributed by atoms with Gasteiger partial charge >= 0.3 is 0 Å². The fourth-order valence-corrected chi connectivity index (χ4v) is 4.55. The van der Waals surface area contributed by atoms with Crippen molar-refractivity contribution in [2.24, 2.45) is 5.92 Å². The minimum atomic E-state index is -0.284. The van der Waals surface area contributed by atoms with Crippen LogP contribution in [0.25, 0.3) is 11.0 Å². The number of carbonyl (C=O) groups is 3. The number of amides is 3. The van der Waals surface area contributed by atoms with Gasteiger partial charge in [0.15, 0.2) is 5.76 Å². The van der Waals surface area contributed by atoms with Crippen molar-refractivity contribution in [2.45, 2.75) is 25.7 Å². The highest BCUT2D eigenvalue weighted by Gasteiger charge is 2.32. The normalized spacial score (nSPS) is 17.1. The summed E-state index contributed by atoms with van der Waals surface area (Å²) in [6, 6.07) is 10.6. The zero-order valence-corrected chi connectivity index (χ0v) is 17.7. The van der Waals surface area contributed by atoms with E-state index in [1.54, 1.807) is 28.0 Å². The van der Waals surface area contributed by atoms with E-state index in [2.05, 4.69) is 5.32 Å². The smallest absolute Gasteiger partial charge is 0.291 e. The van der Waals surface area contributed by atoms with Gasteiger partial charge in [0.05, 0.1) is 6.26 Å².